The maximum absolute atomic E-state index is 13.5. The average Bonchev–Trinajstić information content (AvgIpc) is 3.39. The minimum Gasteiger partial charge on any atom is -0.273 e. The van der Waals surface area contributed by atoms with Crippen molar-refractivity contribution in [2.75, 3.05) is 13.6 Å². The zero-order chi connectivity index (χ0) is 20.7. The summed E-state index contributed by atoms with van der Waals surface area (Å²) in [6.07, 6.45) is 2.94. The van der Waals surface area contributed by atoms with Crippen molar-refractivity contribution < 1.29 is 18.0 Å². The number of carbonyl (C=O) groups excluding carboxylic acids is 2. The monoisotopic (exact) mass is 425 g/mol. The molecule has 0 bridgehead atoms. The average molecular weight is 426 g/mol. The van der Waals surface area contributed by atoms with Crippen LogP contribution < -0.4 is 4.72 Å². The smallest absolute Gasteiger partial charge is 0.273 e. The van der Waals surface area contributed by atoms with Gasteiger partial charge in [0.05, 0.1) is 6.04 Å². The molecule has 0 aliphatic heterocycles. The molecular weight excluding hydrogens is 398 g/mol. The summed E-state index contributed by atoms with van der Waals surface area (Å²) >= 11 is 0.850. The van der Waals surface area contributed by atoms with E-state index in [-0.39, 0.29) is 17.6 Å². The first-order valence-electron chi connectivity index (χ1n) is 9.42. The molecular formula is C19H27N3O4S2. The van der Waals surface area contributed by atoms with E-state index in [1.54, 1.807) is 31.3 Å². The fourth-order valence-corrected chi connectivity index (χ4v) is 4.26. The first kappa shape index (κ1) is 22.6. The van der Waals surface area contributed by atoms with Crippen molar-refractivity contribution in [2.24, 2.45) is 10.3 Å². The molecule has 2 amide bonds. The molecule has 0 heterocycles. The molecule has 1 aromatic carbocycles. The third kappa shape index (κ3) is 5.21. The SMILES string of the molecule is CCC(C)CCCN(C(=O)SNC)C(=O)C1(c2ccccc2)CC1N=S(=O)=O. The normalized spacial score (nSPS) is 21.6. The second kappa shape index (κ2) is 10.2. The molecule has 1 saturated carbocycles. The molecule has 1 aromatic rings. The lowest BCUT2D eigenvalue weighted by Gasteiger charge is -2.26. The number of imide groups is 1. The van der Waals surface area contributed by atoms with E-state index in [0.29, 0.717) is 24.4 Å². The molecule has 1 aliphatic carbocycles. The van der Waals surface area contributed by atoms with Crippen molar-refractivity contribution in [3.63, 3.8) is 0 Å². The van der Waals surface area contributed by atoms with Crippen LogP contribution in [0.4, 0.5) is 4.79 Å². The Bertz CT molecular complexity index is 821. The highest BCUT2D eigenvalue weighted by molar-refractivity contribution is 8.11. The molecule has 0 aromatic heterocycles. The van der Waals surface area contributed by atoms with Gasteiger partial charge in [-0.2, -0.15) is 12.8 Å². The van der Waals surface area contributed by atoms with E-state index in [0.717, 1.165) is 24.8 Å². The minimum atomic E-state index is -2.61. The van der Waals surface area contributed by atoms with Crippen molar-refractivity contribution in [1.29, 1.82) is 0 Å². The molecule has 3 atom stereocenters. The van der Waals surface area contributed by atoms with E-state index < -0.39 is 22.0 Å². The third-order valence-corrected chi connectivity index (χ3v) is 6.26. The molecule has 0 radical (unpaired) electrons. The molecule has 0 spiro atoms. The van der Waals surface area contributed by atoms with Gasteiger partial charge in [-0.05, 0) is 37.8 Å². The summed E-state index contributed by atoms with van der Waals surface area (Å²) in [4.78, 5) is 27.4. The Morgan fingerprint density at radius 3 is 2.61 bits per heavy atom. The summed E-state index contributed by atoms with van der Waals surface area (Å²) in [5.41, 5.74) is -0.407. The summed E-state index contributed by atoms with van der Waals surface area (Å²) < 4.78 is 28.6. The van der Waals surface area contributed by atoms with E-state index in [9.17, 15) is 18.0 Å². The maximum atomic E-state index is 13.5. The summed E-state index contributed by atoms with van der Waals surface area (Å²) in [5, 5.41) is -0.388. The van der Waals surface area contributed by atoms with Gasteiger partial charge in [-0.15, -0.1) is 0 Å². The second-order valence-electron chi connectivity index (χ2n) is 7.06. The highest BCUT2D eigenvalue weighted by Gasteiger charge is 2.64. The molecule has 1 aliphatic rings. The van der Waals surface area contributed by atoms with E-state index in [2.05, 4.69) is 22.9 Å². The van der Waals surface area contributed by atoms with E-state index in [1.807, 2.05) is 6.07 Å². The van der Waals surface area contributed by atoms with Gasteiger partial charge in [0, 0.05) is 18.5 Å². The van der Waals surface area contributed by atoms with Crippen LogP contribution in [0, 0.1) is 5.92 Å². The van der Waals surface area contributed by atoms with Crippen LogP contribution >= 0.6 is 11.9 Å². The molecule has 9 heteroatoms. The molecule has 1 N–H and O–H groups in total. The Morgan fingerprint density at radius 1 is 1.36 bits per heavy atom. The number of amides is 2. The highest BCUT2D eigenvalue weighted by atomic mass is 32.2. The van der Waals surface area contributed by atoms with Crippen LogP contribution in [0.3, 0.4) is 0 Å². The van der Waals surface area contributed by atoms with Crippen molar-refractivity contribution in [2.45, 2.75) is 51.0 Å². The van der Waals surface area contributed by atoms with Gasteiger partial charge >= 0.3 is 15.7 Å². The number of carbonyl (C=O) groups is 2. The molecule has 2 rings (SSSR count). The summed E-state index contributed by atoms with van der Waals surface area (Å²) in [6.45, 7) is 4.55. The van der Waals surface area contributed by atoms with Gasteiger partial charge in [-0.1, -0.05) is 50.6 Å². The van der Waals surface area contributed by atoms with Gasteiger partial charge in [0.1, 0.15) is 5.41 Å². The Kier molecular flexibility index (Phi) is 8.21. The van der Waals surface area contributed by atoms with Crippen LogP contribution in [-0.2, 0) is 20.7 Å². The Hall–Kier alpha value is -1.71. The van der Waals surface area contributed by atoms with Crippen molar-refractivity contribution in [1.82, 2.24) is 9.62 Å². The van der Waals surface area contributed by atoms with Crippen LogP contribution in [0.15, 0.2) is 34.7 Å². The van der Waals surface area contributed by atoms with Crippen LogP contribution in [0.2, 0.25) is 0 Å². The van der Waals surface area contributed by atoms with Gasteiger partial charge in [-0.3, -0.25) is 19.2 Å². The first-order chi connectivity index (χ1) is 13.4. The van der Waals surface area contributed by atoms with Gasteiger partial charge < -0.3 is 0 Å². The van der Waals surface area contributed by atoms with E-state index in [1.165, 1.54) is 4.90 Å². The predicted octanol–water partition coefficient (Wildman–Crippen LogP) is 3.40. The molecule has 0 saturated heterocycles. The fraction of sp³-hybridized carbons (Fsp3) is 0.579. The quantitative estimate of drug-likeness (QED) is 0.609. The Balaban J connectivity index is 2.32. The lowest BCUT2D eigenvalue weighted by Crippen LogP contribution is -2.44. The molecule has 1 fully saturated rings. The van der Waals surface area contributed by atoms with E-state index in [4.69, 9.17) is 0 Å². The molecule has 7 nitrogen and oxygen atoms in total. The van der Waals surface area contributed by atoms with Crippen molar-refractivity contribution in [3.8, 4) is 0 Å². The van der Waals surface area contributed by atoms with Gasteiger partial charge in [-0.25, -0.2) is 0 Å². The largest absolute Gasteiger partial charge is 0.311 e. The van der Waals surface area contributed by atoms with Gasteiger partial charge in [0.15, 0.2) is 0 Å². The number of nitrogens with one attached hydrogen (secondary N) is 1. The van der Waals surface area contributed by atoms with Crippen molar-refractivity contribution in [3.05, 3.63) is 35.9 Å². The van der Waals surface area contributed by atoms with Gasteiger partial charge in [0.2, 0.25) is 5.91 Å². The number of rotatable bonds is 9. The lowest BCUT2D eigenvalue weighted by atomic mass is 9.93. The number of hydrogen-bond acceptors (Lipinski definition) is 7. The lowest BCUT2D eigenvalue weighted by molar-refractivity contribution is -0.130. The van der Waals surface area contributed by atoms with Crippen LogP contribution in [0.1, 0.15) is 45.1 Å². The standard InChI is InChI=1S/C19H27N3O4S2/c1-4-14(2)9-8-12-22(18(24)27-20-3)17(23)19(13-16(19)21-28(25)26)15-10-6-5-7-11-15/h5-7,10-11,14,16,20H,4,8-9,12-13H2,1-3H3. The molecule has 154 valence electrons. The van der Waals surface area contributed by atoms with Crippen LogP contribution in [0.5, 0.6) is 0 Å². The van der Waals surface area contributed by atoms with E-state index >= 15 is 0 Å². The highest BCUT2D eigenvalue weighted by Crippen LogP contribution is 2.52. The zero-order valence-corrected chi connectivity index (χ0v) is 18.1. The molecule has 28 heavy (non-hydrogen) atoms. The van der Waals surface area contributed by atoms with Gasteiger partial charge in [0.25, 0.3) is 0 Å². The Morgan fingerprint density at radius 2 is 2.04 bits per heavy atom. The first-order valence-corrected chi connectivity index (χ1v) is 11.3. The maximum Gasteiger partial charge on any atom is 0.311 e. The minimum absolute atomic E-state index is 0.281. The number of benzene rings is 1. The summed E-state index contributed by atoms with van der Waals surface area (Å²) in [5.74, 6) is 0.133. The topological polar surface area (TPSA) is 95.9 Å². The predicted molar refractivity (Wildman–Crippen MR) is 110 cm³/mol. The molecule has 3 unspecified atom stereocenters. The number of nitrogens with zero attached hydrogens (tertiary/aromatic N) is 2. The summed E-state index contributed by atoms with van der Waals surface area (Å²) in [6, 6.07) is 8.32. The van der Waals surface area contributed by atoms with Crippen LogP contribution in [0.25, 0.3) is 0 Å². The number of hydrogen-bond donors (Lipinski definition) is 1. The summed E-state index contributed by atoms with van der Waals surface area (Å²) in [7, 11) is -0.990. The third-order valence-electron chi connectivity index (χ3n) is 5.24. The van der Waals surface area contributed by atoms with Crippen LogP contribution in [-0.4, -0.2) is 44.1 Å². The fourth-order valence-electron chi connectivity index (χ4n) is 3.34. The second-order valence-corrected chi connectivity index (χ2v) is 8.67. The Labute approximate surface area is 172 Å². The van der Waals surface area contributed by atoms with Crippen molar-refractivity contribution >= 4 is 33.6 Å². The zero-order valence-electron chi connectivity index (χ0n) is 16.4.